The van der Waals surface area contributed by atoms with E-state index in [1.807, 2.05) is 6.92 Å². The zero-order valence-corrected chi connectivity index (χ0v) is 10.8. The lowest BCUT2D eigenvalue weighted by Crippen LogP contribution is -2.52. The van der Waals surface area contributed by atoms with Gasteiger partial charge in [0.2, 0.25) is 10.0 Å². The summed E-state index contributed by atoms with van der Waals surface area (Å²) < 4.78 is 25.2. The van der Waals surface area contributed by atoms with Crippen molar-refractivity contribution >= 4 is 10.0 Å². The smallest absolute Gasteiger partial charge is 0.219 e. The maximum atomic E-state index is 12.1. The molecule has 2 unspecified atom stereocenters. The summed E-state index contributed by atoms with van der Waals surface area (Å²) in [6.45, 7) is 8.34. The number of nitrogens with two attached hydrogens (primary N) is 1. The fourth-order valence-electron chi connectivity index (χ4n) is 1.73. The molecule has 0 radical (unpaired) electrons. The van der Waals surface area contributed by atoms with Gasteiger partial charge in [0.15, 0.2) is 0 Å². The van der Waals surface area contributed by atoms with Gasteiger partial charge in [0.1, 0.15) is 0 Å². The maximum Gasteiger partial charge on any atom is 0.219 e. The Balaban J connectivity index is 2.83. The third kappa shape index (κ3) is 2.52. The van der Waals surface area contributed by atoms with Crippen LogP contribution in [-0.4, -0.2) is 36.6 Å². The van der Waals surface area contributed by atoms with Crippen molar-refractivity contribution in [1.29, 1.82) is 0 Å². The number of sulfonamides is 1. The minimum Gasteiger partial charge on any atom is -0.327 e. The molecule has 0 saturated carbocycles. The lowest BCUT2D eigenvalue weighted by atomic mass is 9.96. The summed E-state index contributed by atoms with van der Waals surface area (Å²) in [5.74, 6) is 0.246. The Kier molecular flexibility index (Phi) is 3.48. The van der Waals surface area contributed by atoms with Crippen LogP contribution in [0.3, 0.4) is 0 Å². The Morgan fingerprint density at radius 1 is 1.33 bits per heavy atom. The molecule has 0 amide bonds. The van der Waals surface area contributed by atoms with Crippen molar-refractivity contribution in [3.63, 3.8) is 0 Å². The molecule has 0 aromatic heterocycles. The van der Waals surface area contributed by atoms with Gasteiger partial charge in [-0.2, -0.15) is 0 Å². The molecule has 0 aromatic carbocycles. The van der Waals surface area contributed by atoms with Crippen molar-refractivity contribution in [2.75, 3.05) is 13.1 Å². The highest BCUT2D eigenvalue weighted by molar-refractivity contribution is 7.90. The van der Waals surface area contributed by atoms with Crippen molar-refractivity contribution < 1.29 is 8.42 Å². The zero-order valence-electron chi connectivity index (χ0n) is 10.0. The molecule has 2 atom stereocenters. The summed E-state index contributed by atoms with van der Waals surface area (Å²) in [7, 11) is -3.18. The molecule has 4 nitrogen and oxygen atoms in total. The second-order valence-electron chi connectivity index (χ2n) is 5.41. The van der Waals surface area contributed by atoms with Crippen molar-refractivity contribution in [3.8, 4) is 0 Å². The largest absolute Gasteiger partial charge is 0.327 e. The average molecular weight is 234 g/mol. The first-order chi connectivity index (χ1) is 6.66. The highest BCUT2D eigenvalue weighted by Gasteiger charge is 2.38. The number of hydrogen-bond acceptors (Lipinski definition) is 3. The van der Waals surface area contributed by atoms with E-state index in [1.54, 1.807) is 25.1 Å². The molecule has 1 rings (SSSR count). The van der Waals surface area contributed by atoms with Gasteiger partial charge in [-0.1, -0.05) is 6.92 Å². The second kappa shape index (κ2) is 4.03. The Morgan fingerprint density at radius 3 is 2.27 bits per heavy atom. The molecule has 1 saturated heterocycles. The zero-order chi connectivity index (χ0) is 11.9. The van der Waals surface area contributed by atoms with Crippen LogP contribution in [0.5, 0.6) is 0 Å². The third-order valence-corrected chi connectivity index (χ3v) is 5.61. The fraction of sp³-hybridized carbons (Fsp3) is 1.00. The first kappa shape index (κ1) is 12.9. The van der Waals surface area contributed by atoms with Gasteiger partial charge in [-0.15, -0.1) is 0 Å². The molecule has 0 aromatic rings. The summed E-state index contributed by atoms with van der Waals surface area (Å²) in [6.07, 6.45) is 0.760. The number of hydrogen-bond donors (Lipinski definition) is 1. The predicted octanol–water partition coefficient (Wildman–Crippen LogP) is 0.784. The van der Waals surface area contributed by atoms with E-state index in [0.717, 1.165) is 6.42 Å². The van der Waals surface area contributed by atoms with Gasteiger partial charge in [-0.25, -0.2) is 12.7 Å². The first-order valence-electron chi connectivity index (χ1n) is 5.41. The number of piperidine rings is 1. The topological polar surface area (TPSA) is 63.4 Å². The van der Waals surface area contributed by atoms with Crippen LogP contribution in [0.25, 0.3) is 0 Å². The van der Waals surface area contributed by atoms with Crippen molar-refractivity contribution in [2.45, 2.75) is 44.9 Å². The standard InChI is InChI=1S/C10H22N2O2S/c1-8-7-12(6-5-9(8)11)15(13,14)10(2,3)4/h8-9H,5-7,11H2,1-4H3. The van der Waals surface area contributed by atoms with Crippen LogP contribution in [0.1, 0.15) is 34.1 Å². The van der Waals surface area contributed by atoms with Crippen LogP contribution in [0, 0.1) is 5.92 Å². The van der Waals surface area contributed by atoms with Crippen LogP contribution < -0.4 is 5.73 Å². The van der Waals surface area contributed by atoms with E-state index in [1.165, 1.54) is 0 Å². The number of nitrogens with zero attached hydrogens (tertiary/aromatic N) is 1. The van der Waals surface area contributed by atoms with Gasteiger partial charge in [0.05, 0.1) is 4.75 Å². The van der Waals surface area contributed by atoms with Crippen LogP contribution >= 0.6 is 0 Å². The van der Waals surface area contributed by atoms with E-state index in [2.05, 4.69) is 0 Å². The fourth-order valence-corrected chi connectivity index (χ4v) is 3.28. The van der Waals surface area contributed by atoms with Crippen molar-refractivity contribution in [2.24, 2.45) is 11.7 Å². The van der Waals surface area contributed by atoms with E-state index in [0.29, 0.717) is 13.1 Å². The molecule has 1 aliphatic heterocycles. The molecule has 0 bridgehead atoms. The third-order valence-electron chi connectivity index (χ3n) is 3.05. The Labute approximate surface area is 92.9 Å². The first-order valence-corrected chi connectivity index (χ1v) is 6.85. The molecule has 1 aliphatic rings. The Bertz CT molecular complexity index is 319. The minimum atomic E-state index is -3.18. The normalized spacial score (nSPS) is 30.5. The highest BCUT2D eigenvalue weighted by atomic mass is 32.2. The second-order valence-corrected chi connectivity index (χ2v) is 8.10. The van der Waals surface area contributed by atoms with Crippen molar-refractivity contribution in [1.82, 2.24) is 4.31 Å². The SMILES string of the molecule is CC1CN(S(=O)(=O)C(C)(C)C)CCC1N. The van der Waals surface area contributed by atoms with Gasteiger partial charge in [0, 0.05) is 19.1 Å². The van der Waals surface area contributed by atoms with E-state index < -0.39 is 14.8 Å². The van der Waals surface area contributed by atoms with E-state index in [4.69, 9.17) is 5.73 Å². The van der Waals surface area contributed by atoms with Crippen LogP contribution in [0.15, 0.2) is 0 Å². The molecule has 90 valence electrons. The molecule has 0 aliphatic carbocycles. The molecular formula is C10H22N2O2S. The number of rotatable bonds is 1. The lowest BCUT2D eigenvalue weighted by molar-refractivity contribution is 0.246. The van der Waals surface area contributed by atoms with Crippen LogP contribution in [-0.2, 0) is 10.0 Å². The van der Waals surface area contributed by atoms with Crippen LogP contribution in [0.2, 0.25) is 0 Å². The Morgan fingerprint density at radius 2 is 1.87 bits per heavy atom. The van der Waals surface area contributed by atoms with Gasteiger partial charge < -0.3 is 5.73 Å². The molecule has 2 N–H and O–H groups in total. The average Bonchev–Trinajstić information content (AvgIpc) is 2.07. The molecule has 5 heteroatoms. The van der Waals surface area contributed by atoms with Gasteiger partial charge in [-0.05, 0) is 33.1 Å². The van der Waals surface area contributed by atoms with E-state index in [9.17, 15) is 8.42 Å². The molecule has 0 spiro atoms. The van der Waals surface area contributed by atoms with E-state index >= 15 is 0 Å². The summed E-state index contributed by atoms with van der Waals surface area (Å²) in [4.78, 5) is 0. The summed E-state index contributed by atoms with van der Waals surface area (Å²) in [5, 5.41) is 0. The summed E-state index contributed by atoms with van der Waals surface area (Å²) >= 11 is 0. The van der Waals surface area contributed by atoms with E-state index in [-0.39, 0.29) is 12.0 Å². The van der Waals surface area contributed by atoms with Crippen LogP contribution in [0.4, 0.5) is 0 Å². The van der Waals surface area contributed by atoms with Gasteiger partial charge >= 0.3 is 0 Å². The monoisotopic (exact) mass is 234 g/mol. The van der Waals surface area contributed by atoms with Gasteiger partial charge in [0.25, 0.3) is 0 Å². The van der Waals surface area contributed by atoms with Crippen molar-refractivity contribution in [3.05, 3.63) is 0 Å². The molecular weight excluding hydrogens is 212 g/mol. The quantitative estimate of drug-likeness (QED) is 0.729. The van der Waals surface area contributed by atoms with Gasteiger partial charge in [-0.3, -0.25) is 0 Å². The summed E-state index contributed by atoms with van der Waals surface area (Å²) in [6, 6.07) is 0.136. The maximum absolute atomic E-state index is 12.1. The molecule has 15 heavy (non-hydrogen) atoms. The molecule has 1 heterocycles. The predicted molar refractivity (Wildman–Crippen MR) is 62.0 cm³/mol. The Hall–Kier alpha value is -0.130. The minimum absolute atomic E-state index is 0.136. The highest BCUT2D eigenvalue weighted by Crippen LogP contribution is 2.25. The molecule has 1 fully saturated rings. The lowest BCUT2D eigenvalue weighted by Gasteiger charge is -2.37. The summed E-state index contributed by atoms with van der Waals surface area (Å²) in [5.41, 5.74) is 5.87.